The summed E-state index contributed by atoms with van der Waals surface area (Å²) in [5.41, 5.74) is 3.11. The summed E-state index contributed by atoms with van der Waals surface area (Å²) in [4.78, 5) is 12.2. The van der Waals surface area contributed by atoms with Gasteiger partial charge >= 0.3 is 0 Å². The number of nitrogens with one attached hydrogen (secondary N) is 1. The van der Waals surface area contributed by atoms with Crippen LogP contribution in [0.3, 0.4) is 0 Å². The molecule has 0 saturated carbocycles. The SMILES string of the molecule is O=C(N/N=C\c1ccc(I)o1)c1cccc2ccccc12. The van der Waals surface area contributed by atoms with Gasteiger partial charge in [-0.1, -0.05) is 36.4 Å². The van der Waals surface area contributed by atoms with Crippen molar-refractivity contribution in [3.8, 4) is 0 Å². The number of halogens is 1. The van der Waals surface area contributed by atoms with Crippen LogP contribution in [0.4, 0.5) is 0 Å². The van der Waals surface area contributed by atoms with E-state index in [0.717, 1.165) is 14.5 Å². The number of nitrogens with zero attached hydrogens (tertiary/aromatic N) is 1. The molecule has 0 saturated heterocycles. The number of carbonyl (C=O) groups excluding carboxylic acids is 1. The number of benzene rings is 2. The average Bonchev–Trinajstić information content (AvgIpc) is 2.92. The maximum absolute atomic E-state index is 12.2. The van der Waals surface area contributed by atoms with Gasteiger partial charge in [0.2, 0.25) is 0 Å². The summed E-state index contributed by atoms with van der Waals surface area (Å²) in [7, 11) is 0. The van der Waals surface area contributed by atoms with Gasteiger partial charge in [0.15, 0.2) is 3.77 Å². The second-order valence-corrected chi connectivity index (χ2v) is 5.43. The molecule has 0 atom stereocenters. The van der Waals surface area contributed by atoms with E-state index >= 15 is 0 Å². The highest BCUT2D eigenvalue weighted by Crippen LogP contribution is 2.18. The Morgan fingerprint density at radius 2 is 1.90 bits per heavy atom. The van der Waals surface area contributed by atoms with Gasteiger partial charge in [-0.3, -0.25) is 4.79 Å². The smallest absolute Gasteiger partial charge is 0.271 e. The normalized spacial score (nSPS) is 11.1. The molecule has 0 aliphatic rings. The molecule has 0 spiro atoms. The topological polar surface area (TPSA) is 54.6 Å². The van der Waals surface area contributed by atoms with Crippen LogP contribution < -0.4 is 5.43 Å². The van der Waals surface area contributed by atoms with Crippen LogP contribution in [0.5, 0.6) is 0 Å². The Labute approximate surface area is 135 Å². The minimum atomic E-state index is -0.246. The number of furan rings is 1. The van der Waals surface area contributed by atoms with Gasteiger partial charge in [0.25, 0.3) is 5.91 Å². The molecule has 1 aromatic heterocycles. The summed E-state index contributed by atoms with van der Waals surface area (Å²) in [5, 5.41) is 5.84. The molecule has 0 radical (unpaired) electrons. The summed E-state index contributed by atoms with van der Waals surface area (Å²) in [5.74, 6) is 0.349. The molecular formula is C16H11IN2O2. The summed E-state index contributed by atoms with van der Waals surface area (Å²) in [6.45, 7) is 0. The predicted molar refractivity (Wildman–Crippen MR) is 90.4 cm³/mol. The van der Waals surface area contributed by atoms with Gasteiger partial charge in [0.05, 0.1) is 6.21 Å². The van der Waals surface area contributed by atoms with Crippen LogP contribution in [-0.2, 0) is 0 Å². The summed E-state index contributed by atoms with van der Waals surface area (Å²) >= 11 is 2.07. The number of fused-ring (bicyclic) bond motifs is 1. The van der Waals surface area contributed by atoms with E-state index in [1.165, 1.54) is 6.21 Å². The van der Waals surface area contributed by atoms with Crippen LogP contribution in [-0.4, -0.2) is 12.1 Å². The number of hydrazone groups is 1. The number of amides is 1. The van der Waals surface area contributed by atoms with E-state index in [9.17, 15) is 4.79 Å². The minimum Gasteiger partial charge on any atom is -0.449 e. The Morgan fingerprint density at radius 1 is 1.10 bits per heavy atom. The van der Waals surface area contributed by atoms with Crippen LogP contribution in [0.2, 0.25) is 0 Å². The van der Waals surface area contributed by atoms with Gasteiger partial charge in [-0.2, -0.15) is 5.10 Å². The van der Waals surface area contributed by atoms with Crippen molar-refractivity contribution in [1.29, 1.82) is 0 Å². The van der Waals surface area contributed by atoms with Crippen LogP contribution in [0.15, 0.2) is 64.1 Å². The zero-order valence-electron chi connectivity index (χ0n) is 10.9. The lowest BCUT2D eigenvalue weighted by Gasteiger charge is -2.04. The van der Waals surface area contributed by atoms with E-state index in [2.05, 4.69) is 33.1 Å². The predicted octanol–water partition coefficient (Wildman–Crippen LogP) is 3.80. The molecule has 1 heterocycles. The number of carbonyl (C=O) groups is 1. The van der Waals surface area contributed by atoms with Crippen molar-refractivity contribution in [3.63, 3.8) is 0 Å². The Balaban J connectivity index is 1.80. The van der Waals surface area contributed by atoms with Crippen molar-refractivity contribution in [2.24, 2.45) is 5.10 Å². The first-order valence-corrected chi connectivity index (χ1v) is 7.38. The molecule has 0 bridgehead atoms. The van der Waals surface area contributed by atoms with Crippen molar-refractivity contribution in [2.45, 2.75) is 0 Å². The zero-order valence-corrected chi connectivity index (χ0v) is 13.1. The fourth-order valence-electron chi connectivity index (χ4n) is 2.04. The van der Waals surface area contributed by atoms with Crippen LogP contribution in [0, 0.1) is 3.77 Å². The molecule has 5 heteroatoms. The Morgan fingerprint density at radius 3 is 2.71 bits per heavy atom. The highest BCUT2D eigenvalue weighted by molar-refractivity contribution is 14.1. The molecule has 2 aromatic carbocycles. The van der Waals surface area contributed by atoms with E-state index in [4.69, 9.17) is 4.42 Å². The lowest BCUT2D eigenvalue weighted by molar-refractivity contribution is 0.0957. The maximum Gasteiger partial charge on any atom is 0.271 e. The lowest BCUT2D eigenvalue weighted by Crippen LogP contribution is -2.17. The minimum absolute atomic E-state index is 0.246. The fraction of sp³-hybridized carbons (Fsp3) is 0. The molecule has 0 aliphatic heterocycles. The zero-order chi connectivity index (χ0) is 14.7. The summed E-state index contributed by atoms with van der Waals surface area (Å²) in [6, 6.07) is 17.0. The Hall–Kier alpha value is -2.15. The maximum atomic E-state index is 12.2. The number of hydrogen-bond acceptors (Lipinski definition) is 3. The third-order valence-electron chi connectivity index (χ3n) is 2.99. The van der Waals surface area contributed by atoms with E-state index in [-0.39, 0.29) is 5.91 Å². The first-order chi connectivity index (χ1) is 10.2. The molecule has 0 aliphatic carbocycles. The van der Waals surface area contributed by atoms with E-state index in [1.54, 1.807) is 12.1 Å². The van der Waals surface area contributed by atoms with E-state index in [1.807, 2.05) is 42.5 Å². The highest BCUT2D eigenvalue weighted by atomic mass is 127. The Bertz CT molecular complexity index is 819. The van der Waals surface area contributed by atoms with Gasteiger partial charge < -0.3 is 4.42 Å². The molecule has 1 N–H and O–H groups in total. The highest BCUT2D eigenvalue weighted by Gasteiger charge is 2.08. The standard InChI is InChI=1S/C16H11IN2O2/c17-15-9-8-12(21-15)10-18-19-16(20)14-7-3-5-11-4-1-2-6-13(11)14/h1-10H,(H,19,20)/b18-10-. The summed E-state index contributed by atoms with van der Waals surface area (Å²) < 4.78 is 6.10. The molecule has 21 heavy (non-hydrogen) atoms. The first-order valence-electron chi connectivity index (χ1n) is 6.30. The molecular weight excluding hydrogens is 379 g/mol. The fourth-order valence-corrected chi connectivity index (χ4v) is 2.47. The van der Waals surface area contributed by atoms with Crippen molar-refractivity contribution in [1.82, 2.24) is 5.43 Å². The van der Waals surface area contributed by atoms with Crippen molar-refractivity contribution < 1.29 is 9.21 Å². The first kappa shape index (κ1) is 13.8. The molecule has 3 aromatic rings. The van der Waals surface area contributed by atoms with E-state index < -0.39 is 0 Å². The van der Waals surface area contributed by atoms with Crippen molar-refractivity contribution >= 4 is 45.5 Å². The monoisotopic (exact) mass is 390 g/mol. The second kappa shape index (κ2) is 6.09. The van der Waals surface area contributed by atoms with Gasteiger partial charge in [-0.15, -0.1) is 0 Å². The number of hydrogen-bond donors (Lipinski definition) is 1. The van der Waals surface area contributed by atoms with Crippen LogP contribution in [0.25, 0.3) is 10.8 Å². The largest absolute Gasteiger partial charge is 0.449 e. The molecule has 3 rings (SSSR count). The van der Waals surface area contributed by atoms with E-state index in [0.29, 0.717) is 11.3 Å². The average molecular weight is 390 g/mol. The third kappa shape index (κ3) is 3.13. The third-order valence-corrected chi connectivity index (χ3v) is 3.57. The summed E-state index contributed by atoms with van der Waals surface area (Å²) in [6.07, 6.45) is 1.48. The Kier molecular flexibility index (Phi) is 4.01. The van der Waals surface area contributed by atoms with Crippen LogP contribution >= 0.6 is 22.6 Å². The second-order valence-electron chi connectivity index (χ2n) is 4.37. The van der Waals surface area contributed by atoms with Gasteiger partial charge in [0.1, 0.15) is 5.76 Å². The quantitative estimate of drug-likeness (QED) is 0.420. The molecule has 0 unspecified atom stereocenters. The van der Waals surface area contributed by atoms with Gasteiger partial charge in [-0.25, -0.2) is 5.43 Å². The molecule has 4 nitrogen and oxygen atoms in total. The van der Waals surface area contributed by atoms with Gasteiger partial charge in [0, 0.05) is 5.56 Å². The molecule has 104 valence electrons. The lowest BCUT2D eigenvalue weighted by atomic mass is 10.0. The van der Waals surface area contributed by atoms with Crippen molar-refractivity contribution in [3.05, 3.63) is 69.7 Å². The van der Waals surface area contributed by atoms with Gasteiger partial charge in [-0.05, 0) is 51.6 Å². The van der Waals surface area contributed by atoms with Crippen LogP contribution in [0.1, 0.15) is 16.1 Å². The number of rotatable bonds is 3. The molecule has 1 amide bonds. The van der Waals surface area contributed by atoms with Crippen molar-refractivity contribution in [2.75, 3.05) is 0 Å². The molecule has 0 fully saturated rings.